The largest absolute Gasteiger partial charge is 0.467 e. The van der Waals surface area contributed by atoms with Crippen molar-refractivity contribution in [1.29, 1.82) is 0 Å². The van der Waals surface area contributed by atoms with Crippen LogP contribution in [0.5, 0.6) is 0 Å². The van der Waals surface area contributed by atoms with Crippen LogP contribution in [0, 0.1) is 17.3 Å². The SMILES string of the molecule is C=CC(=O)N1CCC(C(=O)N(C)C(C(=O)NC(Cc2cccn(-c3ccc4c(c3)c(CC(C)(C)COC=O)c(-c3cccnc3C(C)OC)n4CC)c2=O)C(=O)N2CCCCN2)C(C)C)C1. The first kappa shape index (κ1) is 49.3. The van der Waals surface area contributed by atoms with Gasteiger partial charge in [0, 0.05) is 98.8 Å². The lowest BCUT2D eigenvalue weighted by Crippen LogP contribution is -2.60. The van der Waals surface area contributed by atoms with Crippen LogP contribution >= 0.6 is 0 Å². The van der Waals surface area contributed by atoms with E-state index in [9.17, 15) is 28.8 Å². The van der Waals surface area contributed by atoms with Crippen LogP contribution in [0.3, 0.4) is 0 Å². The first-order valence-corrected chi connectivity index (χ1v) is 23.0. The van der Waals surface area contributed by atoms with Crippen LogP contribution in [0.15, 0.2) is 72.3 Å². The summed E-state index contributed by atoms with van der Waals surface area (Å²) < 4.78 is 14.9. The highest BCUT2D eigenvalue weighted by Crippen LogP contribution is 2.41. The number of ether oxygens (including phenoxy) is 2. The zero-order valence-corrected chi connectivity index (χ0v) is 39.7. The summed E-state index contributed by atoms with van der Waals surface area (Å²) in [6.07, 6.45) is 6.91. The van der Waals surface area contributed by atoms with Gasteiger partial charge in [-0.15, -0.1) is 0 Å². The van der Waals surface area contributed by atoms with Gasteiger partial charge in [0.1, 0.15) is 12.1 Å². The molecule has 2 aliphatic rings. The highest BCUT2D eigenvalue weighted by Gasteiger charge is 2.39. The number of rotatable bonds is 19. The molecule has 2 N–H and O–H groups in total. The molecule has 6 rings (SSSR count). The lowest BCUT2D eigenvalue weighted by Gasteiger charge is -2.35. The van der Waals surface area contributed by atoms with Crippen LogP contribution in [0.1, 0.15) is 83.7 Å². The maximum absolute atomic E-state index is 14.7. The monoisotopic (exact) mass is 907 g/mol. The van der Waals surface area contributed by atoms with Gasteiger partial charge in [0.05, 0.1) is 30.0 Å². The Morgan fingerprint density at radius 3 is 2.53 bits per heavy atom. The van der Waals surface area contributed by atoms with Gasteiger partial charge in [0.2, 0.25) is 17.7 Å². The number of likely N-dealkylation sites (N-methyl/N-ethyl adjacent to an activating group) is 1. The predicted octanol–water partition coefficient (Wildman–Crippen LogP) is 5.00. The van der Waals surface area contributed by atoms with Crippen LogP contribution in [0.4, 0.5) is 0 Å². The van der Waals surface area contributed by atoms with Gasteiger partial charge >= 0.3 is 0 Å². The number of nitrogens with one attached hydrogen (secondary N) is 2. The fourth-order valence-electron chi connectivity index (χ4n) is 9.50. The van der Waals surface area contributed by atoms with Gasteiger partial charge < -0.3 is 29.2 Å². The molecule has 4 amide bonds. The summed E-state index contributed by atoms with van der Waals surface area (Å²) in [5.41, 5.74) is 7.82. The number of pyridine rings is 2. The van der Waals surface area contributed by atoms with E-state index >= 15 is 0 Å². The fraction of sp³-hybridized carbons (Fsp3) is 0.500. The van der Waals surface area contributed by atoms with Crippen LogP contribution < -0.4 is 16.3 Å². The van der Waals surface area contributed by atoms with Crippen molar-refractivity contribution in [1.82, 2.24) is 39.7 Å². The third-order valence-electron chi connectivity index (χ3n) is 12.9. The number of carbonyl (C=O) groups excluding carboxylic acids is 5. The Kier molecular flexibility index (Phi) is 16.0. The molecule has 4 unspecified atom stereocenters. The van der Waals surface area contributed by atoms with Gasteiger partial charge in [0.15, 0.2) is 0 Å². The molecule has 1 aromatic carbocycles. The minimum atomic E-state index is -1.14. The number of benzene rings is 1. The van der Waals surface area contributed by atoms with Crippen LogP contribution in [0.2, 0.25) is 0 Å². The normalized spacial score (nSPS) is 16.8. The number of amides is 4. The van der Waals surface area contributed by atoms with E-state index in [1.54, 1.807) is 48.2 Å². The van der Waals surface area contributed by atoms with E-state index in [4.69, 9.17) is 14.5 Å². The minimum Gasteiger partial charge on any atom is -0.467 e. The first-order chi connectivity index (χ1) is 31.5. The van der Waals surface area contributed by atoms with Crippen molar-refractivity contribution in [2.75, 3.05) is 46.9 Å². The Morgan fingerprint density at radius 1 is 1.09 bits per heavy atom. The fourth-order valence-corrected chi connectivity index (χ4v) is 9.50. The van der Waals surface area contributed by atoms with E-state index in [-0.39, 0.29) is 54.9 Å². The van der Waals surface area contributed by atoms with Crippen molar-refractivity contribution in [3.63, 3.8) is 0 Å². The molecule has 66 heavy (non-hydrogen) atoms. The quantitative estimate of drug-likeness (QED) is 0.0963. The summed E-state index contributed by atoms with van der Waals surface area (Å²) in [4.78, 5) is 88.6. The molecule has 2 fully saturated rings. The predicted molar refractivity (Wildman–Crippen MR) is 252 cm³/mol. The van der Waals surface area contributed by atoms with Gasteiger partial charge in [-0.2, -0.15) is 0 Å². The number of hydrogen-bond acceptors (Lipinski definition) is 10. The van der Waals surface area contributed by atoms with E-state index in [0.717, 1.165) is 46.3 Å². The van der Waals surface area contributed by atoms with E-state index in [1.807, 2.05) is 65.0 Å². The van der Waals surface area contributed by atoms with Gasteiger partial charge in [0.25, 0.3) is 17.9 Å². The Labute approximate surface area is 387 Å². The summed E-state index contributed by atoms with van der Waals surface area (Å²) in [5, 5.41) is 5.39. The average Bonchev–Trinajstić information content (AvgIpc) is 3.93. The second kappa shape index (κ2) is 21.5. The van der Waals surface area contributed by atoms with E-state index < -0.39 is 29.3 Å². The molecular formula is C50H66N8O8. The van der Waals surface area contributed by atoms with E-state index in [1.165, 1.54) is 16.0 Å². The van der Waals surface area contributed by atoms with Crippen LogP contribution in [-0.2, 0) is 52.8 Å². The third kappa shape index (κ3) is 10.6. The second-order valence-electron chi connectivity index (χ2n) is 18.5. The summed E-state index contributed by atoms with van der Waals surface area (Å²) in [5.74, 6) is -2.23. The molecule has 16 heteroatoms. The topological polar surface area (TPSA) is 177 Å². The minimum absolute atomic E-state index is 0.109. The molecule has 0 saturated carbocycles. The summed E-state index contributed by atoms with van der Waals surface area (Å²) in [6, 6.07) is 11.2. The Hall–Kier alpha value is -6.13. The zero-order valence-electron chi connectivity index (χ0n) is 39.7. The highest BCUT2D eigenvalue weighted by molar-refractivity contribution is 5.95. The number of hydrazine groups is 1. The first-order valence-electron chi connectivity index (χ1n) is 23.0. The molecule has 2 aliphatic heterocycles. The highest BCUT2D eigenvalue weighted by atomic mass is 16.5. The van der Waals surface area contributed by atoms with Crippen molar-refractivity contribution >= 4 is 41.0 Å². The van der Waals surface area contributed by atoms with Crippen molar-refractivity contribution < 1.29 is 33.4 Å². The molecule has 4 atom stereocenters. The van der Waals surface area contributed by atoms with Gasteiger partial charge in [-0.25, -0.2) is 5.43 Å². The smallest absolute Gasteiger partial charge is 0.293 e. The summed E-state index contributed by atoms with van der Waals surface area (Å²) in [6.45, 7) is 18.3. The second-order valence-corrected chi connectivity index (χ2v) is 18.5. The molecule has 0 aliphatic carbocycles. The summed E-state index contributed by atoms with van der Waals surface area (Å²) in [7, 11) is 3.23. The van der Waals surface area contributed by atoms with Crippen molar-refractivity contribution in [2.24, 2.45) is 17.3 Å². The number of nitrogens with zero attached hydrogens (tertiary/aromatic N) is 6. The van der Waals surface area contributed by atoms with Gasteiger partial charge in [-0.1, -0.05) is 40.3 Å². The van der Waals surface area contributed by atoms with Crippen LogP contribution in [0.25, 0.3) is 27.8 Å². The average molecular weight is 907 g/mol. The van der Waals surface area contributed by atoms with Crippen molar-refractivity contribution in [2.45, 2.75) is 98.4 Å². The maximum Gasteiger partial charge on any atom is 0.293 e. The molecule has 354 valence electrons. The summed E-state index contributed by atoms with van der Waals surface area (Å²) >= 11 is 0. The van der Waals surface area contributed by atoms with E-state index in [2.05, 4.69) is 28.8 Å². The molecular weight excluding hydrogens is 841 g/mol. The lowest BCUT2D eigenvalue weighted by atomic mass is 9.84. The molecule has 5 heterocycles. The molecule has 0 radical (unpaired) electrons. The molecule has 2 saturated heterocycles. The Morgan fingerprint density at radius 2 is 1.86 bits per heavy atom. The molecule has 3 aromatic heterocycles. The van der Waals surface area contributed by atoms with Crippen molar-refractivity contribution in [3.05, 3.63) is 94.7 Å². The number of aryl methyl sites for hydroxylation is 1. The molecule has 0 spiro atoms. The Balaban J connectivity index is 1.38. The lowest BCUT2D eigenvalue weighted by molar-refractivity contribution is -0.145. The van der Waals surface area contributed by atoms with E-state index in [0.29, 0.717) is 56.7 Å². The number of carbonyl (C=O) groups is 5. The molecule has 16 nitrogen and oxygen atoms in total. The Bertz CT molecular complexity index is 2490. The van der Waals surface area contributed by atoms with Gasteiger partial charge in [-0.3, -0.25) is 43.3 Å². The van der Waals surface area contributed by atoms with Crippen LogP contribution in [-0.4, -0.2) is 118 Å². The van der Waals surface area contributed by atoms with Crippen molar-refractivity contribution in [3.8, 4) is 16.9 Å². The number of aromatic nitrogens is 3. The standard InChI is InChI=1S/C50H66N8O8/c1-10-42(60)55-25-20-35(29-55)47(62)54(8)44(32(3)4)46(61)53-40(49(64)58-24-13-12-22-52-58)26-34-16-15-23-57(48(34)63)36-18-19-41-38(27-36)39(28-50(6,7)30-66-31-59)45(56(41)11-2)37-17-14-21-51-43(37)33(5)65-9/h10,14-19,21,23,27,31-33,35,40,44,52H,1,11-13,20,22,24-26,28-30H2,2-9H3,(H,53,61). The number of likely N-dealkylation sites (tertiary alicyclic amines) is 1. The number of methoxy groups -OCH3 is 1. The third-order valence-corrected chi connectivity index (χ3v) is 12.9. The molecule has 4 aromatic rings. The molecule has 0 bridgehead atoms. The number of hydrogen-bond donors (Lipinski definition) is 2. The zero-order chi connectivity index (χ0) is 47.9. The number of fused-ring (bicyclic) bond motifs is 1. The van der Waals surface area contributed by atoms with Gasteiger partial charge in [-0.05, 0) is 93.5 Å². The maximum atomic E-state index is 14.7.